The van der Waals surface area contributed by atoms with Crippen molar-refractivity contribution in [3.8, 4) is 22.8 Å². The normalized spacial score (nSPS) is 12.3. The Morgan fingerprint density at radius 3 is 2.50 bits per heavy atom. The standard InChI is InChI=1S/C12H6N6O2/c13-11-9(17-20-18-11)12-14-7-5-3-1-2-4-6(5)10(19)8(7)15-16-12/h1-4H,(H2,13,18). The Bertz CT molecular complexity index is 857. The molecule has 0 atom stereocenters. The molecule has 2 N–H and O–H groups in total. The van der Waals surface area contributed by atoms with Crippen molar-refractivity contribution in [1.29, 1.82) is 0 Å². The molecule has 0 bridgehead atoms. The topological polar surface area (TPSA) is 121 Å². The molecule has 1 aliphatic rings. The van der Waals surface area contributed by atoms with Crippen LogP contribution in [0.15, 0.2) is 28.9 Å². The van der Waals surface area contributed by atoms with Crippen LogP contribution < -0.4 is 5.73 Å². The van der Waals surface area contributed by atoms with Crippen LogP contribution in [0.1, 0.15) is 16.1 Å². The van der Waals surface area contributed by atoms with E-state index >= 15 is 0 Å². The van der Waals surface area contributed by atoms with Crippen LogP contribution in [-0.2, 0) is 0 Å². The van der Waals surface area contributed by atoms with Crippen LogP contribution in [0.4, 0.5) is 5.82 Å². The first-order valence-corrected chi connectivity index (χ1v) is 5.73. The van der Waals surface area contributed by atoms with Crippen LogP contribution in [0.3, 0.4) is 0 Å². The molecule has 0 aliphatic heterocycles. The molecule has 96 valence electrons. The van der Waals surface area contributed by atoms with E-state index in [9.17, 15) is 4.79 Å². The van der Waals surface area contributed by atoms with E-state index in [4.69, 9.17) is 5.73 Å². The van der Waals surface area contributed by atoms with Crippen molar-refractivity contribution in [3.63, 3.8) is 0 Å². The SMILES string of the molecule is Nc1nonc1-c1nnc2c(n1)-c1ccccc1C2=O. The Morgan fingerprint density at radius 1 is 0.950 bits per heavy atom. The number of carbonyl (C=O) groups excluding carboxylic acids is 1. The smallest absolute Gasteiger partial charge is 0.216 e. The third-order valence-corrected chi connectivity index (χ3v) is 3.05. The number of nitrogens with two attached hydrogens (primary N) is 1. The van der Waals surface area contributed by atoms with E-state index in [2.05, 4.69) is 30.1 Å². The highest BCUT2D eigenvalue weighted by Crippen LogP contribution is 2.34. The molecule has 0 unspecified atom stereocenters. The van der Waals surface area contributed by atoms with Crippen molar-refractivity contribution in [2.45, 2.75) is 0 Å². The number of hydrogen-bond acceptors (Lipinski definition) is 8. The average molecular weight is 266 g/mol. The zero-order chi connectivity index (χ0) is 13.7. The minimum absolute atomic E-state index is 0.0735. The minimum atomic E-state index is -0.187. The summed E-state index contributed by atoms with van der Waals surface area (Å²) in [5.41, 5.74) is 7.78. The first kappa shape index (κ1) is 10.7. The summed E-state index contributed by atoms with van der Waals surface area (Å²) in [6.07, 6.45) is 0. The molecule has 2 aromatic heterocycles. The number of fused-ring (bicyclic) bond motifs is 3. The number of ketones is 1. The van der Waals surface area contributed by atoms with Crippen LogP contribution >= 0.6 is 0 Å². The third kappa shape index (κ3) is 1.30. The fourth-order valence-corrected chi connectivity index (χ4v) is 2.13. The summed E-state index contributed by atoms with van der Waals surface area (Å²) >= 11 is 0. The highest BCUT2D eigenvalue weighted by Gasteiger charge is 2.31. The fraction of sp³-hybridized carbons (Fsp3) is 0. The predicted octanol–water partition coefficient (Wildman–Crippen LogP) is 0.715. The molecule has 4 rings (SSSR count). The van der Waals surface area contributed by atoms with Gasteiger partial charge in [0, 0.05) is 11.1 Å². The molecule has 20 heavy (non-hydrogen) atoms. The molecule has 8 nitrogen and oxygen atoms in total. The molecule has 0 radical (unpaired) electrons. The number of aromatic nitrogens is 5. The van der Waals surface area contributed by atoms with E-state index in [1.165, 1.54) is 0 Å². The molecule has 0 fully saturated rings. The Morgan fingerprint density at radius 2 is 1.75 bits per heavy atom. The second-order valence-corrected chi connectivity index (χ2v) is 4.21. The van der Waals surface area contributed by atoms with Crippen LogP contribution in [0, 0.1) is 0 Å². The van der Waals surface area contributed by atoms with E-state index in [0.717, 1.165) is 5.56 Å². The molecule has 0 saturated carbocycles. The van der Waals surface area contributed by atoms with Crippen LogP contribution in [-0.4, -0.2) is 31.3 Å². The lowest BCUT2D eigenvalue weighted by atomic mass is 10.1. The Labute approximate surface area is 111 Å². The maximum atomic E-state index is 12.1. The van der Waals surface area contributed by atoms with Crippen LogP contribution in [0.5, 0.6) is 0 Å². The van der Waals surface area contributed by atoms with E-state index in [0.29, 0.717) is 11.3 Å². The molecule has 0 spiro atoms. The maximum Gasteiger partial charge on any atom is 0.216 e. The number of carbonyl (C=O) groups is 1. The van der Waals surface area contributed by atoms with Crippen molar-refractivity contribution >= 4 is 11.6 Å². The maximum absolute atomic E-state index is 12.1. The van der Waals surface area contributed by atoms with Crippen molar-refractivity contribution in [3.05, 3.63) is 35.5 Å². The van der Waals surface area contributed by atoms with Gasteiger partial charge in [-0.3, -0.25) is 4.79 Å². The van der Waals surface area contributed by atoms with Gasteiger partial charge in [-0.05, 0) is 10.3 Å². The van der Waals surface area contributed by atoms with Gasteiger partial charge in [-0.25, -0.2) is 9.61 Å². The monoisotopic (exact) mass is 266 g/mol. The minimum Gasteiger partial charge on any atom is -0.379 e. The molecule has 0 saturated heterocycles. The lowest BCUT2D eigenvalue weighted by Crippen LogP contribution is -2.04. The highest BCUT2D eigenvalue weighted by molar-refractivity contribution is 6.19. The fourth-order valence-electron chi connectivity index (χ4n) is 2.13. The van der Waals surface area contributed by atoms with Gasteiger partial charge in [-0.1, -0.05) is 24.3 Å². The molecule has 0 amide bonds. The Kier molecular flexibility index (Phi) is 1.97. The first-order chi connectivity index (χ1) is 9.75. The van der Waals surface area contributed by atoms with Gasteiger partial charge in [0.2, 0.25) is 11.6 Å². The molecular formula is C12H6N6O2. The number of benzene rings is 1. The number of rotatable bonds is 1. The van der Waals surface area contributed by atoms with Crippen molar-refractivity contribution in [2.75, 3.05) is 5.73 Å². The summed E-state index contributed by atoms with van der Waals surface area (Å²) in [7, 11) is 0. The van der Waals surface area contributed by atoms with E-state index in [1.54, 1.807) is 12.1 Å². The lowest BCUT2D eigenvalue weighted by molar-refractivity contribution is 0.103. The molecule has 2 heterocycles. The quantitative estimate of drug-likeness (QED) is 0.534. The van der Waals surface area contributed by atoms with Crippen molar-refractivity contribution < 1.29 is 9.42 Å². The van der Waals surface area contributed by atoms with Crippen LogP contribution in [0.2, 0.25) is 0 Å². The summed E-state index contributed by atoms with van der Waals surface area (Å²) in [5.74, 6) is 0.0600. The van der Waals surface area contributed by atoms with Gasteiger partial charge >= 0.3 is 0 Å². The first-order valence-electron chi connectivity index (χ1n) is 5.73. The molecule has 1 aromatic carbocycles. The van der Waals surface area contributed by atoms with Gasteiger partial charge in [0.15, 0.2) is 17.2 Å². The van der Waals surface area contributed by atoms with Gasteiger partial charge in [0.1, 0.15) is 5.69 Å². The Balaban J connectivity index is 1.96. The zero-order valence-corrected chi connectivity index (χ0v) is 9.94. The number of nitrogens with zero attached hydrogens (tertiary/aromatic N) is 5. The summed E-state index contributed by atoms with van der Waals surface area (Å²) in [4.78, 5) is 16.5. The molecule has 1 aliphatic carbocycles. The molecular weight excluding hydrogens is 260 g/mol. The van der Waals surface area contributed by atoms with E-state index < -0.39 is 0 Å². The molecule has 8 heteroatoms. The average Bonchev–Trinajstić information content (AvgIpc) is 3.02. The number of anilines is 1. The predicted molar refractivity (Wildman–Crippen MR) is 66.4 cm³/mol. The largest absolute Gasteiger partial charge is 0.379 e. The zero-order valence-electron chi connectivity index (χ0n) is 9.94. The van der Waals surface area contributed by atoms with Gasteiger partial charge in [0.05, 0.1) is 0 Å². The van der Waals surface area contributed by atoms with E-state index in [-0.39, 0.29) is 28.8 Å². The van der Waals surface area contributed by atoms with Gasteiger partial charge in [-0.15, -0.1) is 10.2 Å². The Hall–Kier alpha value is -3.16. The van der Waals surface area contributed by atoms with Gasteiger partial charge < -0.3 is 5.73 Å². The molecule has 3 aromatic rings. The number of hydrogen-bond donors (Lipinski definition) is 1. The number of nitrogen functional groups attached to an aromatic ring is 1. The second kappa shape index (κ2) is 3.67. The van der Waals surface area contributed by atoms with Crippen molar-refractivity contribution in [1.82, 2.24) is 25.5 Å². The third-order valence-electron chi connectivity index (χ3n) is 3.05. The summed E-state index contributed by atoms with van der Waals surface area (Å²) in [5, 5.41) is 14.9. The highest BCUT2D eigenvalue weighted by atomic mass is 16.6. The summed E-state index contributed by atoms with van der Waals surface area (Å²) in [6.45, 7) is 0. The second-order valence-electron chi connectivity index (χ2n) is 4.21. The van der Waals surface area contributed by atoms with Gasteiger partial charge in [-0.2, -0.15) is 0 Å². The lowest BCUT2D eigenvalue weighted by Gasteiger charge is -1.99. The summed E-state index contributed by atoms with van der Waals surface area (Å²) in [6, 6.07) is 7.15. The van der Waals surface area contributed by atoms with Crippen LogP contribution in [0.25, 0.3) is 22.8 Å². The van der Waals surface area contributed by atoms with Gasteiger partial charge in [0.25, 0.3) is 0 Å². The van der Waals surface area contributed by atoms with Crippen molar-refractivity contribution in [2.24, 2.45) is 0 Å². The van der Waals surface area contributed by atoms with E-state index in [1.807, 2.05) is 12.1 Å². The summed E-state index contributed by atoms with van der Waals surface area (Å²) < 4.78 is 4.51.